The Bertz CT molecular complexity index is 1070. The van der Waals surface area contributed by atoms with Crippen LogP contribution in [0.4, 0.5) is 19.1 Å². The summed E-state index contributed by atoms with van der Waals surface area (Å²) >= 11 is 0. The first-order valence-electron chi connectivity index (χ1n) is 8.84. The third kappa shape index (κ3) is 3.03. The van der Waals surface area contributed by atoms with Crippen molar-refractivity contribution in [3.63, 3.8) is 0 Å². The van der Waals surface area contributed by atoms with Crippen LogP contribution >= 0.6 is 0 Å². The fourth-order valence-electron chi connectivity index (χ4n) is 3.25. The van der Waals surface area contributed by atoms with Gasteiger partial charge in [0.2, 0.25) is 5.95 Å². The van der Waals surface area contributed by atoms with E-state index in [1.165, 1.54) is 16.8 Å². The molecule has 0 aliphatic carbocycles. The summed E-state index contributed by atoms with van der Waals surface area (Å²) in [6.07, 6.45) is -3.41. The molecule has 0 radical (unpaired) electrons. The van der Waals surface area contributed by atoms with Gasteiger partial charge >= 0.3 is 6.18 Å². The SMILES string of the molecule is CC(c1ccc(C(F)(F)F)cc1)n1nc(CO)c2c(=O)[nH]c(N3CCC3)nc21. The van der Waals surface area contributed by atoms with Crippen molar-refractivity contribution in [2.75, 3.05) is 18.0 Å². The number of aliphatic hydroxyl groups is 1. The molecule has 10 heteroatoms. The van der Waals surface area contributed by atoms with Crippen LogP contribution in [0.15, 0.2) is 29.1 Å². The van der Waals surface area contributed by atoms with E-state index in [0.29, 0.717) is 17.2 Å². The van der Waals surface area contributed by atoms with E-state index in [0.717, 1.165) is 31.6 Å². The molecule has 28 heavy (non-hydrogen) atoms. The number of rotatable bonds is 4. The quantitative estimate of drug-likeness (QED) is 0.711. The van der Waals surface area contributed by atoms with Gasteiger partial charge in [0.1, 0.15) is 11.1 Å². The Balaban J connectivity index is 1.80. The van der Waals surface area contributed by atoms with Crippen LogP contribution in [0.2, 0.25) is 0 Å². The van der Waals surface area contributed by atoms with E-state index in [-0.39, 0.29) is 11.1 Å². The Labute approximate surface area is 157 Å². The van der Waals surface area contributed by atoms with E-state index in [1.54, 1.807) is 6.92 Å². The predicted octanol–water partition coefficient (Wildman–Crippen LogP) is 2.45. The normalized spacial score (nSPS) is 15.7. The summed E-state index contributed by atoms with van der Waals surface area (Å²) in [5.74, 6) is 0.425. The summed E-state index contributed by atoms with van der Waals surface area (Å²) in [6, 6.07) is 4.29. The molecule has 4 rings (SSSR count). The summed E-state index contributed by atoms with van der Waals surface area (Å²) < 4.78 is 39.9. The van der Waals surface area contributed by atoms with Crippen molar-refractivity contribution in [2.24, 2.45) is 0 Å². The number of nitrogens with one attached hydrogen (secondary N) is 1. The topological polar surface area (TPSA) is 87.0 Å². The first kappa shape index (κ1) is 18.5. The van der Waals surface area contributed by atoms with Gasteiger partial charge in [-0.15, -0.1) is 0 Å². The highest BCUT2D eigenvalue weighted by atomic mass is 19.4. The van der Waals surface area contributed by atoms with Crippen molar-refractivity contribution in [3.05, 3.63) is 51.4 Å². The lowest BCUT2D eigenvalue weighted by Gasteiger charge is -2.31. The van der Waals surface area contributed by atoms with E-state index in [9.17, 15) is 23.1 Å². The number of aliphatic hydroxyl groups excluding tert-OH is 1. The summed E-state index contributed by atoms with van der Waals surface area (Å²) in [7, 11) is 0. The Morgan fingerprint density at radius 3 is 2.46 bits per heavy atom. The van der Waals surface area contributed by atoms with Gasteiger partial charge in [0.15, 0.2) is 5.65 Å². The minimum atomic E-state index is -4.41. The van der Waals surface area contributed by atoms with Gasteiger partial charge in [-0.3, -0.25) is 9.78 Å². The lowest BCUT2D eigenvalue weighted by Crippen LogP contribution is -2.39. The number of aromatic nitrogens is 4. The van der Waals surface area contributed by atoms with Crippen LogP contribution in [0.5, 0.6) is 0 Å². The van der Waals surface area contributed by atoms with Crippen molar-refractivity contribution in [1.82, 2.24) is 19.7 Å². The molecule has 0 spiro atoms. The van der Waals surface area contributed by atoms with Crippen molar-refractivity contribution in [2.45, 2.75) is 32.2 Å². The third-order valence-electron chi connectivity index (χ3n) is 5.01. The number of anilines is 1. The van der Waals surface area contributed by atoms with Gasteiger partial charge in [0.05, 0.1) is 18.2 Å². The Morgan fingerprint density at radius 1 is 1.25 bits per heavy atom. The van der Waals surface area contributed by atoms with Crippen molar-refractivity contribution in [1.29, 1.82) is 0 Å². The monoisotopic (exact) mass is 393 g/mol. The molecule has 1 atom stereocenters. The molecule has 0 saturated carbocycles. The first-order chi connectivity index (χ1) is 13.3. The molecule has 3 aromatic rings. The van der Waals surface area contributed by atoms with Gasteiger partial charge < -0.3 is 10.0 Å². The second-order valence-corrected chi connectivity index (χ2v) is 6.77. The number of H-pyrrole nitrogens is 1. The van der Waals surface area contributed by atoms with Gasteiger partial charge in [0.25, 0.3) is 5.56 Å². The molecule has 2 N–H and O–H groups in total. The fraction of sp³-hybridized carbons (Fsp3) is 0.389. The number of hydrogen-bond donors (Lipinski definition) is 2. The number of aromatic amines is 1. The van der Waals surface area contributed by atoms with Crippen LogP contribution in [-0.2, 0) is 12.8 Å². The largest absolute Gasteiger partial charge is 0.416 e. The minimum Gasteiger partial charge on any atom is -0.390 e. The lowest BCUT2D eigenvalue weighted by atomic mass is 10.1. The van der Waals surface area contributed by atoms with Crippen LogP contribution in [0, 0.1) is 0 Å². The molecule has 7 nitrogen and oxygen atoms in total. The minimum absolute atomic E-state index is 0.178. The average molecular weight is 393 g/mol. The summed E-state index contributed by atoms with van der Waals surface area (Å²) in [6.45, 7) is 2.87. The van der Waals surface area contributed by atoms with Gasteiger partial charge in [-0.1, -0.05) is 12.1 Å². The van der Waals surface area contributed by atoms with E-state index in [1.807, 2.05) is 4.90 Å². The second-order valence-electron chi connectivity index (χ2n) is 6.77. The van der Waals surface area contributed by atoms with E-state index >= 15 is 0 Å². The van der Waals surface area contributed by atoms with Gasteiger partial charge in [-0.05, 0) is 31.0 Å². The molecule has 1 aliphatic rings. The lowest BCUT2D eigenvalue weighted by molar-refractivity contribution is -0.137. The summed E-state index contributed by atoms with van der Waals surface area (Å²) in [5.41, 5.74) is -0.0875. The van der Waals surface area contributed by atoms with Gasteiger partial charge in [-0.25, -0.2) is 4.68 Å². The van der Waals surface area contributed by atoms with Crippen LogP contribution in [0.25, 0.3) is 11.0 Å². The van der Waals surface area contributed by atoms with Crippen molar-refractivity contribution < 1.29 is 18.3 Å². The molecule has 148 valence electrons. The molecule has 3 heterocycles. The predicted molar refractivity (Wildman–Crippen MR) is 96.2 cm³/mol. The van der Waals surface area contributed by atoms with Crippen LogP contribution in [-0.4, -0.2) is 37.9 Å². The maximum Gasteiger partial charge on any atom is 0.416 e. The highest BCUT2D eigenvalue weighted by Crippen LogP contribution is 2.31. The Kier molecular flexibility index (Phi) is 4.37. The van der Waals surface area contributed by atoms with Crippen LogP contribution in [0.3, 0.4) is 0 Å². The second kappa shape index (κ2) is 6.62. The fourth-order valence-corrected chi connectivity index (χ4v) is 3.25. The van der Waals surface area contributed by atoms with Gasteiger partial charge in [0, 0.05) is 13.1 Å². The first-order valence-corrected chi connectivity index (χ1v) is 8.84. The van der Waals surface area contributed by atoms with Crippen molar-refractivity contribution >= 4 is 17.0 Å². The maximum absolute atomic E-state index is 12.8. The molecular weight excluding hydrogens is 375 g/mol. The number of alkyl halides is 3. The number of fused-ring (bicyclic) bond motifs is 1. The summed E-state index contributed by atoms with van der Waals surface area (Å²) in [4.78, 5) is 21.7. The highest BCUT2D eigenvalue weighted by Gasteiger charge is 2.30. The van der Waals surface area contributed by atoms with Gasteiger partial charge in [-0.2, -0.15) is 23.3 Å². The zero-order chi connectivity index (χ0) is 20.1. The van der Waals surface area contributed by atoms with E-state index in [2.05, 4.69) is 15.1 Å². The molecular formula is C18H18F3N5O2. The van der Waals surface area contributed by atoms with Crippen LogP contribution < -0.4 is 10.5 Å². The van der Waals surface area contributed by atoms with E-state index < -0.39 is 29.9 Å². The Morgan fingerprint density at radius 2 is 1.93 bits per heavy atom. The smallest absolute Gasteiger partial charge is 0.390 e. The zero-order valence-corrected chi connectivity index (χ0v) is 15.0. The third-order valence-corrected chi connectivity index (χ3v) is 5.01. The molecule has 1 aliphatic heterocycles. The van der Waals surface area contributed by atoms with Crippen LogP contribution in [0.1, 0.15) is 36.2 Å². The number of nitrogens with zero attached hydrogens (tertiary/aromatic N) is 4. The Hall–Kier alpha value is -2.88. The highest BCUT2D eigenvalue weighted by molar-refractivity contribution is 5.78. The summed E-state index contributed by atoms with van der Waals surface area (Å²) in [5, 5.41) is 14.1. The maximum atomic E-state index is 12.8. The molecule has 0 bridgehead atoms. The average Bonchev–Trinajstić information content (AvgIpc) is 2.98. The number of benzene rings is 1. The number of halogens is 3. The molecule has 1 aromatic carbocycles. The molecule has 1 unspecified atom stereocenters. The molecule has 2 aromatic heterocycles. The zero-order valence-electron chi connectivity index (χ0n) is 15.0. The molecule has 1 saturated heterocycles. The molecule has 0 amide bonds. The van der Waals surface area contributed by atoms with Crippen molar-refractivity contribution in [3.8, 4) is 0 Å². The van der Waals surface area contributed by atoms with E-state index in [4.69, 9.17) is 0 Å². The standard InChI is InChI=1S/C18H18F3N5O2/c1-10(11-3-5-12(6-4-11)18(19,20)21)26-15-14(13(9-27)24-26)16(28)23-17(22-15)25-7-2-8-25/h3-6,10,27H,2,7-9H2,1H3,(H,22,23,28). The number of hydrogen-bond acceptors (Lipinski definition) is 5. The molecule has 1 fully saturated rings.